The summed E-state index contributed by atoms with van der Waals surface area (Å²) in [6, 6.07) is 9.38. The lowest BCUT2D eigenvalue weighted by Gasteiger charge is -2.08. The van der Waals surface area contributed by atoms with E-state index < -0.39 is 0 Å². The number of ether oxygens (including phenoxy) is 1. The molecular weight excluding hydrogens is 270 g/mol. The number of nitrogens with zero attached hydrogens (tertiary/aromatic N) is 1. The fourth-order valence-electron chi connectivity index (χ4n) is 1.67. The summed E-state index contributed by atoms with van der Waals surface area (Å²) in [6.45, 7) is 2.19. The molecule has 1 aromatic heterocycles. The molecule has 0 aliphatic rings. The largest absolute Gasteiger partial charge is 0.488 e. The summed E-state index contributed by atoms with van der Waals surface area (Å²) in [5.41, 5.74) is 2.44. The van der Waals surface area contributed by atoms with Gasteiger partial charge in [-0.15, -0.1) is 11.3 Å². The quantitative estimate of drug-likeness (QED) is 0.881. The Morgan fingerprint density at radius 3 is 2.95 bits per heavy atom. The van der Waals surface area contributed by atoms with Crippen LogP contribution in [0, 0.1) is 30.1 Å². The molecule has 0 unspecified atom stereocenters. The van der Waals surface area contributed by atoms with Crippen LogP contribution in [0.3, 0.4) is 0 Å². The van der Waals surface area contributed by atoms with Crippen LogP contribution in [0.2, 0.25) is 0 Å². The van der Waals surface area contributed by atoms with E-state index in [-0.39, 0.29) is 6.61 Å². The van der Waals surface area contributed by atoms with E-state index in [2.05, 4.69) is 17.9 Å². The monoisotopic (exact) mass is 283 g/mol. The standard InChI is InChI=1S/C16H13NO2S/c1-12-4-5-13(10-17)9-15(12)19-11-16-14(3-2-7-18)6-8-20-16/h4-6,8-9,18H,7,11H2,1H3. The highest BCUT2D eigenvalue weighted by Gasteiger charge is 2.06. The number of aliphatic hydroxyl groups excluding tert-OH is 1. The fraction of sp³-hybridized carbons (Fsp3) is 0.188. The molecule has 0 spiro atoms. The first-order valence-electron chi connectivity index (χ1n) is 6.04. The zero-order valence-electron chi connectivity index (χ0n) is 11.0. The highest BCUT2D eigenvalue weighted by molar-refractivity contribution is 7.10. The highest BCUT2D eigenvalue weighted by Crippen LogP contribution is 2.23. The second-order valence-electron chi connectivity index (χ2n) is 4.10. The normalized spacial score (nSPS) is 9.45. The summed E-state index contributed by atoms with van der Waals surface area (Å²) in [7, 11) is 0. The predicted molar refractivity (Wildman–Crippen MR) is 78.5 cm³/mol. The maximum atomic E-state index is 8.90. The molecule has 1 N–H and O–H groups in total. The van der Waals surface area contributed by atoms with E-state index in [9.17, 15) is 0 Å². The van der Waals surface area contributed by atoms with Gasteiger partial charge in [0.25, 0.3) is 0 Å². The zero-order chi connectivity index (χ0) is 14.4. The van der Waals surface area contributed by atoms with E-state index in [4.69, 9.17) is 15.1 Å². The molecule has 0 saturated heterocycles. The van der Waals surface area contributed by atoms with E-state index in [1.54, 1.807) is 23.5 Å². The Balaban J connectivity index is 2.13. The third-order valence-corrected chi connectivity index (χ3v) is 3.62. The first-order valence-corrected chi connectivity index (χ1v) is 6.92. The Hall–Kier alpha value is -2.27. The molecule has 0 aliphatic carbocycles. The minimum atomic E-state index is -0.153. The minimum Gasteiger partial charge on any atom is -0.488 e. The van der Waals surface area contributed by atoms with Crippen molar-refractivity contribution in [2.45, 2.75) is 13.5 Å². The van der Waals surface area contributed by atoms with Crippen molar-refractivity contribution >= 4 is 11.3 Å². The maximum absolute atomic E-state index is 8.90. The van der Waals surface area contributed by atoms with Crippen molar-refractivity contribution in [2.24, 2.45) is 0 Å². The van der Waals surface area contributed by atoms with E-state index in [0.717, 1.165) is 16.0 Å². The van der Waals surface area contributed by atoms with Gasteiger partial charge in [-0.05, 0) is 36.1 Å². The molecule has 0 bridgehead atoms. The Bertz CT molecular complexity index is 701. The first kappa shape index (κ1) is 14.1. The van der Waals surface area contributed by atoms with Gasteiger partial charge in [0, 0.05) is 5.56 Å². The maximum Gasteiger partial charge on any atom is 0.124 e. The average molecular weight is 283 g/mol. The van der Waals surface area contributed by atoms with E-state index >= 15 is 0 Å². The summed E-state index contributed by atoms with van der Waals surface area (Å²) >= 11 is 1.56. The van der Waals surface area contributed by atoms with E-state index in [1.807, 2.05) is 24.4 Å². The number of benzene rings is 1. The lowest BCUT2D eigenvalue weighted by molar-refractivity contribution is 0.307. The van der Waals surface area contributed by atoms with E-state index in [0.29, 0.717) is 17.9 Å². The van der Waals surface area contributed by atoms with Crippen LogP contribution in [0.15, 0.2) is 29.6 Å². The Labute approximate surface area is 122 Å². The summed E-state index contributed by atoms with van der Waals surface area (Å²) in [4.78, 5) is 1.01. The Morgan fingerprint density at radius 1 is 1.35 bits per heavy atom. The first-order chi connectivity index (χ1) is 9.74. The van der Waals surface area contributed by atoms with Crippen LogP contribution in [-0.4, -0.2) is 11.7 Å². The number of nitriles is 1. The highest BCUT2D eigenvalue weighted by atomic mass is 32.1. The van der Waals surface area contributed by atoms with Crippen molar-refractivity contribution in [1.82, 2.24) is 0 Å². The van der Waals surface area contributed by atoms with Crippen molar-refractivity contribution in [1.29, 1.82) is 5.26 Å². The van der Waals surface area contributed by atoms with Crippen LogP contribution < -0.4 is 4.74 Å². The molecule has 20 heavy (non-hydrogen) atoms. The van der Waals surface area contributed by atoms with Crippen molar-refractivity contribution in [2.75, 3.05) is 6.61 Å². The van der Waals surface area contributed by atoms with Gasteiger partial charge in [0.1, 0.15) is 19.0 Å². The van der Waals surface area contributed by atoms with Gasteiger partial charge in [0.05, 0.1) is 16.5 Å². The molecule has 1 aromatic carbocycles. The van der Waals surface area contributed by atoms with Crippen LogP contribution >= 0.6 is 11.3 Å². The van der Waals surface area contributed by atoms with Crippen LogP contribution in [0.4, 0.5) is 0 Å². The van der Waals surface area contributed by atoms with Gasteiger partial charge in [-0.1, -0.05) is 17.9 Å². The molecule has 0 amide bonds. The van der Waals surface area contributed by atoms with Crippen LogP contribution in [0.1, 0.15) is 21.6 Å². The van der Waals surface area contributed by atoms with Crippen molar-refractivity contribution in [3.8, 4) is 23.7 Å². The number of hydrogen-bond donors (Lipinski definition) is 1. The number of hydrogen-bond acceptors (Lipinski definition) is 4. The third-order valence-electron chi connectivity index (χ3n) is 2.72. The number of thiophene rings is 1. The summed E-state index contributed by atoms with van der Waals surface area (Å²) < 4.78 is 5.77. The van der Waals surface area contributed by atoms with Gasteiger partial charge >= 0.3 is 0 Å². The number of aryl methyl sites for hydroxylation is 1. The number of rotatable bonds is 3. The predicted octanol–water partition coefficient (Wildman–Crippen LogP) is 2.85. The second kappa shape index (κ2) is 6.77. The molecular formula is C16H13NO2S. The van der Waals surface area contributed by atoms with Gasteiger partial charge in [-0.25, -0.2) is 0 Å². The summed E-state index contributed by atoms with van der Waals surface area (Å²) in [6.07, 6.45) is 0. The van der Waals surface area contributed by atoms with Crippen LogP contribution in [-0.2, 0) is 6.61 Å². The van der Waals surface area contributed by atoms with Gasteiger partial charge in [0.15, 0.2) is 0 Å². The van der Waals surface area contributed by atoms with E-state index in [1.165, 1.54) is 0 Å². The Morgan fingerprint density at radius 2 is 2.20 bits per heavy atom. The Kier molecular flexibility index (Phi) is 4.79. The smallest absolute Gasteiger partial charge is 0.124 e. The third kappa shape index (κ3) is 3.39. The molecule has 0 saturated carbocycles. The lowest BCUT2D eigenvalue weighted by atomic mass is 10.1. The number of aliphatic hydroxyl groups is 1. The molecule has 4 heteroatoms. The molecule has 0 aliphatic heterocycles. The lowest BCUT2D eigenvalue weighted by Crippen LogP contribution is -1.97. The molecule has 0 atom stereocenters. The van der Waals surface area contributed by atoms with Crippen molar-refractivity contribution < 1.29 is 9.84 Å². The van der Waals surface area contributed by atoms with Crippen molar-refractivity contribution in [3.63, 3.8) is 0 Å². The topological polar surface area (TPSA) is 53.2 Å². The van der Waals surface area contributed by atoms with Crippen molar-refractivity contribution in [3.05, 3.63) is 51.2 Å². The second-order valence-corrected chi connectivity index (χ2v) is 5.10. The van der Waals surface area contributed by atoms with Crippen LogP contribution in [0.25, 0.3) is 0 Å². The zero-order valence-corrected chi connectivity index (χ0v) is 11.8. The van der Waals surface area contributed by atoms with Gasteiger partial charge in [-0.2, -0.15) is 5.26 Å². The molecule has 1 heterocycles. The minimum absolute atomic E-state index is 0.153. The van der Waals surface area contributed by atoms with Crippen LogP contribution in [0.5, 0.6) is 5.75 Å². The summed E-state index contributed by atoms with van der Waals surface area (Å²) in [5.74, 6) is 6.23. The average Bonchev–Trinajstić information content (AvgIpc) is 2.91. The van der Waals surface area contributed by atoms with Gasteiger partial charge in [-0.3, -0.25) is 0 Å². The molecule has 0 radical (unpaired) electrons. The SMILES string of the molecule is Cc1ccc(C#N)cc1OCc1sccc1C#CCO. The molecule has 0 fully saturated rings. The van der Waals surface area contributed by atoms with Gasteiger partial charge < -0.3 is 9.84 Å². The molecule has 3 nitrogen and oxygen atoms in total. The molecule has 2 rings (SSSR count). The van der Waals surface area contributed by atoms with Gasteiger partial charge in [0.2, 0.25) is 0 Å². The molecule has 100 valence electrons. The molecule has 2 aromatic rings. The fourth-order valence-corrected chi connectivity index (χ4v) is 2.41. The summed E-state index contributed by atoms with van der Waals surface area (Å²) in [5, 5.41) is 19.6.